The Hall–Kier alpha value is -3.51. The minimum atomic E-state index is -0.911. The fraction of sp³-hybridized carbons (Fsp3) is 0.138. The van der Waals surface area contributed by atoms with Crippen LogP contribution in [0.2, 0.25) is 10.0 Å². The van der Waals surface area contributed by atoms with Crippen molar-refractivity contribution in [2.45, 2.75) is 25.6 Å². The molecule has 182 valence electrons. The van der Waals surface area contributed by atoms with Crippen molar-refractivity contribution >= 4 is 50.8 Å². The highest BCUT2D eigenvalue weighted by molar-refractivity contribution is 6.35. The number of benzene rings is 4. The Balaban J connectivity index is 1.41. The van der Waals surface area contributed by atoms with E-state index in [9.17, 15) is 9.90 Å². The highest BCUT2D eigenvalue weighted by Gasteiger charge is 2.21. The van der Waals surface area contributed by atoms with Crippen LogP contribution >= 0.6 is 23.2 Å². The first-order valence-corrected chi connectivity index (χ1v) is 12.3. The number of H-pyrrole nitrogens is 1. The van der Waals surface area contributed by atoms with Crippen LogP contribution < -0.4 is 10.1 Å². The molecule has 0 aliphatic heterocycles. The number of fused-ring (bicyclic) bond motifs is 2. The number of aromatic nitrogens is 1. The second kappa shape index (κ2) is 10.6. The van der Waals surface area contributed by atoms with Gasteiger partial charge in [0.05, 0.1) is 0 Å². The van der Waals surface area contributed by atoms with Crippen molar-refractivity contribution in [3.63, 3.8) is 0 Å². The predicted molar refractivity (Wildman–Crippen MR) is 145 cm³/mol. The lowest BCUT2D eigenvalue weighted by molar-refractivity contribution is -0.139. The molecule has 0 aliphatic carbocycles. The molecule has 0 spiro atoms. The van der Waals surface area contributed by atoms with Crippen LogP contribution in [-0.2, 0) is 24.4 Å². The third-order valence-corrected chi connectivity index (χ3v) is 7.06. The number of halogens is 2. The topological polar surface area (TPSA) is 74.3 Å². The minimum absolute atomic E-state index is 0.196. The summed E-state index contributed by atoms with van der Waals surface area (Å²) in [6.07, 6.45) is 2.22. The molecule has 0 unspecified atom stereocenters. The number of carbonyl (C=O) groups is 1. The number of hydrogen-bond acceptors (Lipinski definition) is 3. The maximum atomic E-state index is 12.2. The standard InChI is InChI=1S/C29H24Cl2N2O3/c30-24-9-5-10-25(31)23(24)17-36-28-13-12-18-6-1-2-7-20(18)22(28)16-33-27(29(34)35)14-19-15-32-26-11-4-3-8-21(19)26/h1-13,15,27,32-33H,14,16-17H2,(H,34,35)/t27-/m1/s1. The zero-order valence-corrected chi connectivity index (χ0v) is 20.8. The van der Waals surface area contributed by atoms with Crippen molar-refractivity contribution in [1.82, 2.24) is 10.3 Å². The highest BCUT2D eigenvalue weighted by Crippen LogP contribution is 2.31. The summed E-state index contributed by atoms with van der Waals surface area (Å²) in [5.41, 5.74) is 3.52. The Bertz CT molecular complexity index is 1530. The van der Waals surface area contributed by atoms with Gasteiger partial charge in [-0.3, -0.25) is 10.1 Å². The monoisotopic (exact) mass is 518 g/mol. The van der Waals surface area contributed by atoms with Gasteiger partial charge in [-0.1, -0.05) is 77.8 Å². The Morgan fingerprint density at radius 1 is 0.889 bits per heavy atom. The zero-order chi connectivity index (χ0) is 25.1. The van der Waals surface area contributed by atoms with Crippen LogP contribution in [0, 0.1) is 0 Å². The van der Waals surface area contributed by atoms with Gasteiger partial charge in [0.25, 0.3) is 0 Å². The van der Waals surface area contributed by atoms with Crippen molar-refractivity contribution in [1.29, 1.82) is 0 Å². The first kappa shape index (κ1) is 24.2. The predicted octanol–water partition coefficient (Wildman–Crippen LogP) is 6.99. The second-order valence-corrected chi connectivity index (χ2v) is 9.40. The number of hydrogen-bond donors (Lipinski definition) is 3. The van der Waals surface area contributed by atoms with Gasteiger partial charge >= 0.3 is 5.97 Å². The number of aliphatic carboxylic acids is 1. The lowest BCUT2D eigenvalue weighted by atomic mass is 10.0. The first-order valence-electron chi connectivity index (χ1n) is 11.6. The van der Waals surface area contributed by atoms with Crippen LogP contribution in [0.15, 0.2) is 85.1 Å². The van der Waals surface area contributed by atoms with E-state index in [0.29, 0.717) is 34.3 Å². The summed E-state index contributed by atoms with van der Waals surface area (Å²) in [6, 6.07) is 24.3. The molecule has 5 aromatic rings. The fourth-order valence-electron chi connectivity index (χ4n) is 4.45. The van der Waals surface area contributed by atoms with Crippen LogP contribution in [0.4, 0.5) is 0 Å². The Morgan fingerprint density at radius 2 is 1.61 bits per heavy atom. The van der Waals surface area contributed by atoms with E-state index in [4.69, 9.17) is 27.9 Å². The fourth-order valence-corrected chi connectivity index (χ4v) is 4.95. The highest BCUT2D eigenvalue weighted by atomic mass is 35.5. The number of aromatic amines is 1. The summed E-state index contributed by atoms with van der Waals surface area (Å²) >= 11 is 12.7. The van der Waals surface area contributed by atoms with Crippen molar-refractivity contribution in [3.05, 3.63) is 112 Å². The normalized spacial score (nSPS) is 12.2. The van der Waals surface area contributed by atoms with E-state index >= 15 is 0 Å². The second-order valence-electron chi connectivity index (χ2n) is 8.59. The summed E-state index contributed by atoms with van der Waals surface area (Å²) < 4.78 is 6.19. The van der Waals surface area contributed by atoms with Gasteiger partial charge in [0.2, 0.25) is 0 Å². The maximum Gasteiger partial charge on any atom is 0.321 e. The lowest BCUT2D eigenvalue weighted by Gasteiger charge is -2.19. The van der Waals surface area contributed by atoms with E-state index in [0.717, 1.165) is 32.8 Å². The van der Waals surface area contributed by atoms with E-state index in [2.05, 4.69) is 10.3 Å². The molecule has 1 heterocycles. The smallest absolute Gasteiger partial charge is 0.321 e. The number of carboxylic acids is 1. The molecule has 5 rings (SSSR count). The first-order chi connectivity index (χ1) is 17.5. The van der Waals surface area contributed by atoms with E-state index in [-0.39, 0.29) is 6.61 Å². The number of rotatable bonds is 9. The number of ether oxygens (including phenoxy) is 1. The molecule has 3 N–H and O–H groups in total. The lowest BCUT2D eigenvalue weighted by Crippen LogP contribution is -2.38. The van der Waals surface area contributed by atoms with Gasteiger partial charge in [-0.05, 0) is 40.6 Å². The molecule has 36 heavy (non-hydrogen) atoms. The number of carboxylic acid groups (broad SMARTS) is 1. The van der Waals surface area contributed by atoms with Crippen molar-refractivity contribution in [3.8, 4) is 5.75 Å². The molecule has 0 saturated carbocycles. The third kappa shape index (κ3) is 5.05. The molecule has 0 bridgehead atoms. The molecule has 0 aliphatic rings. The van der Waals surface area contributed by atoms with Crippen LogP contribution in [-0.4, -0.2) is 22.1 Å². The molecule has 7 heteroatoms. The molecule has 1 aromatic heterocycles. The average molecular weight is 519 g/mol. The minimum Gasteiger partial charge on any atom is -0.488 e. The van der Waals surface area contributed by atoms with Gasteiger partial charge in [-0.25, -0.2) is 0 Å². The molecule has 0 amide bonds. The van der Waals surface area contributed by atoms with E-state index < -0.39 is 12.0 Å². The molecular formula is C29H24Cl2N2O3. The quantitative estimate of drug-likeness (QED) is 0.196. The van der Waals surface area contributed by atoms with Crippen LogP contribution in [0.1, 0.15) is 16.7 Å². The van der Waals surface area contributed by atoms with Gasteiger partial charge in [0.15, 0.2) is 0 Å². The van der Waals surface area contributed by atoms with E-state index in [1.807, 2.05) is 66.9 Å². The van der Waals surface area contributed by atoms with Crippen molar-refractivity contribution in [2.24, 2.45) is 0 Å². The SMILES string of the molecule is O=C(O)[C@@H](Cc1c[nH]c2ccccc12)NCc1c(OCc2c(Cl)cccc2Cl)ccc2ccccc12. The van der Waals surface area contributed by atoms with Gasteiger partial charge in [0, 0.05) is 51.2 Å². The Kier molecular flexibility index (Phi) is 7.14. The molecule has 0 fully saturated rings. The Morgan fingerprint density at radius 3 is 2.39 bits per heavy atom. The van der Waals surface area contributed by atoms with Crippen molar-refractivity contribution < 1.29 is 14.6 Å². The molecular weight excluding hydrogens is 495 g/mol. The average Bonchev–Trinajstić information content (AvgIpc) is 3.29. The summed E-state index contributed by atoms with van der Waals surface area (Å²) in [5, 5.41) is 17.4. The molecule has 5 nitrogen and oxygen atoms in total. The van der Waals surface area contributed by atoms with E-state index in [1.54, 1.807) is 18.2 Å². The van der Waals surface area contributed by atoms with Gasteiger partial charge in [-0.15, -0.1) is 0 Å². The maximum absolute atomic E-state index is 12.2. The molecule has 1 atom stereocenters. The summed E-state index contributed by atoms with van der Waals surface area (Å²) in [6.45, 7) is 0.508. The Labute approximate surface area is 218 Å². The number of para-hydroxylation sites is 1. The largest absolute Gasteiger partial charge is 0.488 e. The van der Waals surface area contributed by atoms with Gasteiger partial charge in [0.1, 0.15) is 18.4 Å². The van der Waals surface area contributed by atoms with Crippen LogP contribution in [0.5, 0.6) is 5.75 Å². The zero-order valence-electron chi connectivity index (χ0n) is 19.3. The van der Waals surface area contributed by atoms with Gasteiger partial charge < -0.3 is 14.8 Å². The summed E-state index contributed by atoms with van der Waals surface area (Å²) in [4.78, 5) is 15.4. The van der Waals surface area contributed by atoms with Gasteiger partial charge in [-0.2, -0.15) is 0 Å². The van der Waals surface area contributed by atoms with Crippen LogP contribution in [0.3, 0.4) is 0 Å². The molecule has 0 radical (unpaired) electrons. The molecule has 0 saturated heterocycles. The summed E-state index contributed by atoms with van der Waals surface area (Å²) in [5.74, 6) is -0.265. The number of nitrogens with one attached hydrogen (secondary N) is 2. The third-order valence-electron chi connectivity index (χ3n) is 6.35. The van der Waals surface area contributed by atoms with Crippen LogP contribution in [0.25, 0.3) is 21.7 Å². The van der Waals surface area contributed by atoms with Crippen molar-refractivity contribution in [2.75, 3.05) is 0 Å². The van der Waals surface area contributed by atoms with E-state index in [1.165, 1.54) is 0 Å². The summed E-state index contributed by atoms with van der Waals surface area (Å²) in [7, 11) is 0. The molecule has 4 aromatic carbocycles.